The van der Waals surface area contributed by atoms with Gasteiger partial charge in [-0.2, -0.15) is 29.9 Å². The Morgan fingerprint density at radius 2 is 0.844 bits per heavy atom. The number of anilines is 4. The third-order valence-corrected chi connectivity index (χ3v) is 14.4. The summed E-state index contributed by atoms with van der Waals surface area (Å²) in [7, 11) is 6.03. The molecular formula is C12H24N10O4P2S4. The van der Waals surface area contributed by atoms with E-state index >= 15 is 0 Å². The van der Waals surface area contributed by atoms with E-state index in [-0.39, 0.29) is 23.8 Å². The maximum Gasteiger partial charge on any atom is 0.247 e. The number of hydrogen-bond acceptors (Lipinski definition) is 18. The van der Waals surface area contributed by atoms with Crippen LogP contribution < -0.4 is 22.9 Å². The van der Waals surface area contributed by atoms with Gasteiger partial charge >= 0.3 is 0 Å². The van der Waals surface area contributed by atoms with Gasteiger partial charge in [0.15, 0.2) is 0 Å². The van der Waals surface area contributed by atoms with E-state index in [0.29, 0.717) is 23.2 Å². The fourth-order valence-corrected chi connectivity index (χ4v) is 7.06. The molecule has 0 saturated heterocycles. The van der Waals surface area contributed by atoms with Gasteiger partial charge in [-0.3, -0.25) is 0 Å². The van der Waals surface area contributed by atoms with Crippen LogP contribution in [0.3, 0.4) is 0 Å². The minimum absolute atomic E-state index is 0.0891. The third-order valence-electron chi connectivity index (χ3n) is 3.03. The second kappa shape index (κ2) is 13.7. The lowest BCUT2D eigenvalue weighted by Crippen LogP contribution is -2.06. The van der Waals surface area contributed by atoms with E-state index in [2.05, 4.69) is 29.9 Å². The second-order valence-corrected chi connectivity index (χ2v) is 18.2. The van der Waals surface area contributed by atoms with Crippen molar-refractivity contribution >= 4 is 81.6 Å². The predicted molar refractivity (Wildman–Crippen MR) is 136 cm³/mol. The normalized spacial score (nSPS) is 11.6. The standard InChI is InChI=1S/2C6H12N5O2PS2/c2*1-12-14(15,13-2)16-3-4-9-5(7)11-6(8)10-4/h2*3H2,1-2H3,(H4,7,8,9,10,11). The molecule has 0 aliphatic carbocycles. The molecule has 0 radical (unpaired) electrons. The van der Waals surface area contributed by atoms with Gasteiger partial charge < -0.3 is 41.0 Å². The number of aromatic nitrogens is 6. The summed E-state index contributed by atoms with van der Waals surface area (Å²) in [5.41, 5.74) is 17.1. The Bertz CT molecular complexity index is 857. The van der Waals surface area contributed by atoms with Gasteiger partial charge in [0, 0.05) is 28.4 Å². The Morgan fingerprint density at radius 3 is 1.06 bits per heavy atom. The summed E-state index contributed by atoms with van der Waals surface area (Å²) in [6, 6.07) is 0. The largest absolute Gasteiger partial charge is 0.368 e. The molecule has 0 aliphatic rings. The van der Waals surface area contributed by atoms with Crippen LogP contribution in [0.5, 0.6) is 0 Å². The van der Waals surface area contributed by atoms with Crippen molar-refractivity contribution in [3.8, 4) is 0 Å². The Morgan fingerprint density at radius 1 is 0.594 bits per heavy atom. The lowest BCUT2D eigenvalue weighted by molar-refractivity contribution is 0.353. The highest BCUT2D eigenvalue weighted by Gasteiger charge is 2.18. The molecule has 2 heterocycles. The summed E-state index contributed by atoms with van der Waals surface area (Å²) in [6.45, 7) is 0. The molecule has 0 aliphatic heterocycles. The van der Waals surface area contributed by atoms with Crippen molar-refractivity contribution in [2.24, 2.45) is 0 Å². The predicted octanol–water partition coefficient (Wildman–Crippen LogP) is 1.57. The van der Waals surface area contributed by atoms with Crippen molar-refractivity contribution in [2.45, 2.75) is 11.5 Å². The number of nitrogens with zero attached hydrogens (tertiary/aromatic N) is 6. The molecule has 20 heteroatoms. The minimum Gasteiger partial charge on any atom is -0.368 e. The van der Waals surface area contributed by atoms with Crippen molar-refractivity contribution in [1.29, 1.82) is 0 Å². The molecule has 2 aromatic heterocycles. The third kappa shape index (κ3) is 10.3. The Hall–Kier alpha value is -0.940. The van der Waals surface area contributed by atoms with Gasteiger partial charge in [0.05, 0.1) is 11.5 Å². The van der Waals surface area contributed by atoms with Gasteiger partial charge in [-0.1, -0.05) is 22.8 Å². The van der Waals surface area contributed by atoms with Gasteiger partial charge in [-0.05, 0) is 23.6 Å². The van der Waals surface area contributed by atoms with Gasteiger partial charge in [0.1, 0.15) is 11.6 Å². The minimum atomic E-state index is -2.31. The molecule has 180 valence electrons. The van der Waals surface area contributed by atoms with E-state index in [0.717, 1.165) is 0 Å². The molecule has 0 aromatic carbocycles. The molecule has 14 nitrogen and oxygen atoms in total. The van der Waals surface area contributed by atoms with Crippen molar-refractivity contribution in [3.63, 3.8) is 0 Å². The molecule has 32 heavy (non-hydrogen) atoms. The van der Waals surface area contributed by atoms with Gasteiger partial charge in [-0.25, -0.2) is 0 Å². The summed E-state index contributed by atoms with van der Waals surface area (Å²) in [5, 5.41) is 0. The molecular weight excluding hydrogens is 538 g/mol. The van der Waals surface area contributed by atoms with Crippen LogP contribution in [-0.2, 0) is 53.2 Å². The van der Waals surface area contributed by atoms with E-state index in [1.54, 1.807) is 0 Å². The van der Waals surface area contributed by atoms with E-state index < -0.39 is 11.4 Å². The zero-order valence-electron chi connectivity index (χ0n) is 17.6. The maximum atomic E-state index is 5.43. The average molecular weight is 563 g/mol. The maximum absolute atomic E-state index is 5.43. The Kier molecular flexibility index (Phi) is 12.4. The van der Waals surface area contributed by atoms with Crippen LogP contribution >= 0.6 is 34.2 Å². The van der Waals surface area contributed by atoms with Gasteiger partial charge in [0.2, 0.25) is 35.2 Å². The van der Waals surface area contributed by atoms with Crippen LogP contribution in [0.4, 0.5) is 23.8 Å². The van der Waals surface area contributed by atoms with E-state index in [9.17, 15) is 0 Å². The number of nitrogen functional groups attached to an aromatic ring is 4. The SMILES string of the molecule is COP(=S)(OC)SCc1nc(N)nc(N)n1.COP(=S)(OC)SCc1nc(N)nc(N)n1. The van der Waals surface area contributed by atoms with Crippen LogP contribution in [0.2, 0.25) is 0 Å². The fraction of sp³-hybridized carbons (Fsp3) is 0.500. The smallest absolute Gasteiger partial charge is 0.247 e. The topological polar surface area (TPSA) is 218 Å². The van der Waals surface area contributed by atoms with Crippen LogP contribution in [0.25, 0.3) is 0 Å². The highest BCUT2D eigenvalue weighted by molar-refractivity contribution is 8.68. The van der Waals surface area contributed by atoms with Crippen molar-refractivity contribution in [1.82, 2.24) is 29.9 Å². The molecule has 0 atom stereocenters. The highest BCUT2D eigenvalue weighted by atomic mass is 32.9. The summed E-state index contributed by atoms with van der Waals surface area (Å²) in [4.78, 5) is 23.0. The summed E-state index contributed by atoms with van der Waals surface area (Å²) < 4.78 is 20.4. The summed E-state index contributed by atoms with van der Waals surface area (Å²) in [6.07, 6.45) is 0. The number of nitrogens with two attached hydrogens (primary N) is 4. The monoisotopic (exact) mass is 562 g/mol. The first-order chi connectivity index (χ1) is 15.0. The average Bonchev–Trinajstić information content (AvgIpc) is 2.75. The van der Waals surface area contributed by atoms with Crippen molar-refractivity contribution < 1.29 is 18.1 Å². The van der Waals surface area contributed by atoms with Crippen LogP contribution in [0, 0.1) is 0 Å². The molecule has 2 rings (SSSR count). The summed E-state index contributed by atoms with van der Waals surface area (Å²) >= 11 is 13.0. The molecule has 2 aromatic rings. The van der Waals surface area contributed by atoms with E-state index in [1.165, 1.54) is 51.2 Å². The zero-order chi connectivity index (χ0) is 24.4. The quantitative estimate of drug-likeness (QED) is 0.302. The van der Waals surface area contributed by atoms with Crippen LogP contribution in [0.15, 0.2) is 0 Å². The van der Waals surface area contributed by atoms with E-state index in [4.69, 9.17) is 64.6 Å². The number of rotatable bonds is 10. The summed E-state index contributed by atoms with van der Waals surface area (Å²) in [5.74, 6) is 2.10. The lowest BCUT2D eigenvalue weighted by Gasteiger charge is -2.15. The lowest BCUT2D eigenvalue weighted by atomic mass is 10.7. The van der Waals surface area contributed by atoms with Crippen LogP contribution in [-0.4, -0.2) is 58.3 Å². The van der Waals surface area contributed by atoms with Crippen molar-refractivity contribution in [2.75, 3.05) is 51.4 Å². The van der Waals surface area contributed by atoms with E-state index in [1.807, 2.05) is 0 Å². The van der Waals surface area contributed by atoms with Crippen molar-refractivity contribution in [3.05, 3.63) is 11.6 Å². The molecule has 0 spiro atoms. The second-order valence-electron chi connectivity index (χ2n) is 5.11. The fourth-order valence-electron chi connectivity index (χ4n) is 1.68. The molecule has 0 fully saturated rings. The Balaban J connectivity index is 0.000000320. The zero-order valence-corrected chi connectivity index (χ0v) is 22.6. The van der Waals surface area contributed by atoms with Gasteiger partial charge in [0.25, 0.3) is 0 Å². The first kappa shape index (κ1) is 29.1. The first-order valence-corrected chi connectivity index (χ1v) is 16.7. The van der Waals surface area contributed by atoms with Crippen LogP contribution in [0.1, 0.15) is 11.6 Å². The molecule has 0 unspecified atom stereocenters. The Labute approximate surface area is 203 Å². The molecule has 0 amide bonds. The molecule has 0 bridgehead atoms. The molecule has 0 saturated carbocycles. The number of hydrogen-bond donors (Lipinski definition) is 4. The molecule has 8 N–H and O–H groups in total. The highest BCUT2D eigenvalue weighted by Crippen LogP contribution is 2.61. The first-order valence-electron chi connectivity index (χ1n) is 8.22. The van der Waals surface area contributed by atoms with Gasteiger partial charge in [-0.15, -0.1) is 0 Å².